The maximum absolute atomic E-state index is 11.9. The molecule has 0 spiro atoms. The zero-order valence-electron chi connectivity index (χ0n) is 11.7. The predicted molar refractivity (Wildman–Crippen MR) is 82.0 cm³/mol. The normalized spacial score (nSPS) is 11.5. The lowest BCUT2D eigenvalue weighted by atomic mass is 10.1. The fourth-order valence-electron chi connectivity index (χ4n) is 1.84. The Morgan fingerprint density at radius 2 is 1.62 bits per heavy atom. The van der Waals surface area contributed by atoms with Crippen LogP contribution in [0.15, 0.2) is 29.2 Å². The SMILES string of the molecule is O=C(O)CCCCCCCNS(=O)(=O)c1ccc(Cl)cc1. The molecule has 21 heavy (non-hydrogen) atoms. The van der Waals surface area contributed by atoms with Gasteiger partial charge < -0.3 is 5.11 Å². The highest BCUT2D eigenvalue weighted by Crippen LogP contribution is 2.14. The summed E-state index contributed by atoms with van der Waals surface area (Å²) in [5.41, 5.74) is 0. The summed E-state index contributed by atoms with van der Waals surface area (Å²) in [5.74, 6) is -0.772. The number of aliphatic carboxylic acids is 1. The molecule has 7 heteroatoms. The van der Waals surface area contributed by atoms with E-state index in [0.29, 0.717) is 18.0 Å². The molecular formula is C14H20ClNO4S. The van der Waals surface area contributed by atoms with E-state index in [1.54, 1.807) is 12.1 Å². The van der Waals surface area contributed by atoms with Crippen LogP contribution in [0.1, 0.15) is 38.5 Å². The highest BCUT2D eigenvalue weighted by atomic mass is 35.5. The van der Waals surface area contributed by atoms with Gasteiger partial charge in [0, 0.05) is 18.0 Å². The maximum Gasteiger partial charge on any atom is 0.303 e. The van der Waals surface area contributed by atoms with Crippen LogP contribution in [0.5, 0.6) is 0 Å². The van der Waals surface area contributed by atoms with Gasteiger partial charge in [-0.2, -0.15) is 0 Å². The van der Waals surface area contributed by atoms with E-state index in [9.17, 15) is 13.2 Å². The molecule has 0 fully saturated rings. The number of benzene rings is 1. The molecule has 2 N–H and O–H groups in total. The fraction of sp³-hybridized carbons (Fsp3) is 0.500. The summed E-state index contributed by atoms with van der Waals surface area (Å²) in [4.78, 5) is 10.5. The van der Waals surface area contributed by atoms with Crippen molar-refractivity contribution in [3.63, 3.8) is 0 Å². The summed E-state index contributed by atoms with van der Waals surface area (Å²) in [7, 11) is -3.47. The third-order valence-electron chi connectivity index (χ3n) is 2.98. The maximum atomic E-state index is 11.9. The summed E-state index contributed by atoms with van der Waals surface area (Å²) >= 11 is 5.72. The summed E-state index contributed by atoms with van der Waals surface area (Å²) in [6.07, 6.45) is 4.25. The molecule has 0 radical (unpaired) electrons. The van der Waals surface area contributed by atoms with Crippen molar-refractivity contribution in [3.8, 4) is 0 Å². The lowest BCUT2D eigenvalue weighted by Gasteiger charge is -2.06. The third-order valence-corrected chi connectivity index (χ3v) is 4.71. The van der Waals surface area contributed by atoms with Gasteiger partial charge in [0.1, 0.15) is 0 Å². The summed E-state index contributed by atoms with van der Waals surface area (Å²) < 4.78 is 26.4. The lowest BCUT2D eigenvalue weighted by Crippen LogP contribution is -2.24. The van der Waals surface area contributed by atoms with Gasteiger partial charge in [-0.1, -0.05) is 30.9 Å². The first kappa shape index (κ1) is 17.9. The van der Waals surface area contributed by atoms with Crippen molar-refractivity contribution in [3.05, 3.63) is 29.3 Å². The van der Waals surface area contributed by atoms with Crippen LogP contribution < -0.4 is 4.72 Å². The van der Waals surface area contributed by atoms with E-state index < -0.39 is 16.0 Å². The molecule has 118 valence electrons. The topological polar surface area (TPSA) is 83.5 Å². The van der Waals surface area contributed by atoms with Gasteiger partial charge in [0.05, 0.1) is 4.90 Å². The van der Waals surface area contributed by atoms with Crippen molar-refractivity contribution in [2.45, 2.75) is 43.4 Å². The van der Waals surface area contributed by atoms with Crippen molar-refractivity contribution in [2.24, 2.45) is 0 Å². The molecule has 5 nitrogen and oxygen atoms in total. The largest absolute Gasteiger partial charge is 0.481 e. The van der Waals surface area contributed by atoms with E-state index in [2.05, 4.69) is 4.72 Å². The summed E-state index contributed by atoms with van der Waals surface area (Å²) in [5, 5.41) is 8.98. The first-order valence-corrected chi connectivity index (χ1v) is 8.75. The second-order valence-electron chi connectivity index (χ2n) is 4.76. The molecule has 0 aliphatic carbocycles. The van der Waals surface area contributed by atoms with Gasteiger partial charge in [-0.15, -0.1) is 0 Å². The van der Waals surface area contributed by atoms with Crippen LogP contribution in [0.3, 0.4) is 0 Å². The molecule has 0 aliphatic heterocycles. The molecule has 1 aromatic carbocycles. The number of nitrogens with one attached hydrogen (secondary N) is 1. The number of carbonyl (C=O) groups is 1. The second kappa shape index (κ2) is 9.02. The second-order valence-corrected chi connectivity index (χ2v) is 6.97. The van der Waals surface area contributed by atoms with Crippen molar-refractivity contribution < 1.29 is 18.3 Å². The molecule has 0 saturated heterocycles. The molecule has 0 amide bonds. The average Bonchev–Trinajstić information content (AvgIpc) is 2.42. The molecule has 0 unspecified atom stereocenters. The zero-order chi connectivity index (χ0) is 15.7. The first-order valence-electron chi connectivity index (χ1n) is 6.89. The number of rotatable bonds is 10. The Hall–Kier alpha value is -1.11. The molecule has 1 aromatic rings. The number of hydrogen-bond donors (Lipinski definition) is 2. The van der Waals surface area contributed by atoms with Gasteiger partial charge in [-0.3, -0.25) is 4.79 Å². The molecular weight excluding hydrogens is 314 g/mol. The van der Waals surface area contributed by atoms with Crippen LogP contribution in [0.4, 0.5) is 0 Å². The number of carboxylic acid groups (broad SMARTS) is 1. The van der Waals surface area contributed by atoms with Gasteiger partial charge >= 0.3 is 5.97 Å². The lowest BCUT2D eigenvalue weighted by molar-refractivity contribution is -0.137. The van der Waals surface area contributed by atoms with E-state index >= 15 is 0 Å². The predicted octanol–water partition coefficient (Wildman–Crippen LogP) is 3.04. The molecule has 0 heterocycles. The molecule has 0 bridgehead atoms. The minimum atomic E-state index is -3.47. The summed E-state index contributed by atoms with van der Waals surface area (Å²) in [6, 6.07) is 6.02. The molecule has 0 aromatic heterocycles. The Bertz CT molecular complexity index is 543. The number of hydrogen-bond acceptors (Lipinski definition) is 3. The number of sulfonamides is 1. The van der Waals surface area contributed by atoms with Crippen LogP contribution >= 0.6 is 11.6 Å². The number of unbranched alkanes of at least 4 members (excludes halogenated alkanes) is 4. The van der Waals surface area contributed by atoms with E-state index in [4.69, 9.17) is 16.7 Å². The molecule has 0 atom stereocenters. The quantitative estimate of drug-likeness (QED) is 0.645. The highest BCUT2D eigenvalue weighted by Gasteiger charge is 2.12. The smallest absolute Gasteiger partial charge is 0.303 e. The van der Waals surface area contributed by atoms with Gasteiger partial charge in [-0.25, -0.2) is 13.1 Å². The zero-order valence-corrected chi connectivity index (χ0v) is 13.3. The Balaban J connectivity index is 2.20. The standard InChI is InChI=1S/C14H20ClNO4S/c15-12-7-9-13(10-8-12)21(19,20)16-11-5-3-1-2-4-6-14(17)18/h7-10,16H,1-6,11H2,(H,17,18). The van der Waals surface area contributed by atoms with Gasteiger partial charge in [0.2, 0.25) is 10.0 Å². The van der Waals surface area contributed by atoms with Crippen LogP contribution in [0.25, 0.3) is 0 Å². The minimum absolute atomic E-state index is 0.198. The molecule has 1 rings (SSSR count). The van der Waals surface area contributed by atoms with Crippen molar-refractivity contribution in [1.82, 2.24) is 4.72 Å². The fourth-order valence-corrected chi connectivity index (χ4v) is 3.04. The van der Waals surface area contributed by atoms with Crippen molar-refractivity contribution in [1.29, 1.82) is 0 Å². The Morgan fingerprint density at radius 1 is 1.05 bits per heavy atom. The van der Waals surface area contributed by atoms with Crippen LogP contribution in [0, 0.1) is 0 Å². The van der Waals surface area contributed by atoms with E-state index in [1.165, 1.54) is 12.1 Å². The Kier molecular flexibility index (Phi) is 7.71. The number of carboxylic acids is 1. The van der Waals surface area contributed by atoms with Crippen molar-refractivity contribution >= 4 is 27.6 Å². The first-order chi connectivity index (χ1) is 9.92. The van der Waals surface area contributed by atoms with Crippen LogP contribution in [-0.2, 0) is 14.8 Å². The Labute approximate surface area is 130 Å². The van der Waals surface area contributed by atoms with Crippen LogP contribution in [-0.4, -0.2) is 26.0 Å². The van der Waals surface area contributed by atoms with E-state index in [0.717, 1.165) is 25.7 Å². The number of halogens is 1. The monoisotopic (exact) mass is 333 g/mol. The minimum Gasteiger partial charge on any atom is -0.481 e. The summed E-state index contributed by atoms with van der Waals surface area (Å²) in [6.45, 7) is 0.379. The van der Waals surface area contributed by atoms with Gasteiger partial charge in [-0.05, 0) is 37.1 Å². The average molecular weight is 334 g/mol. The van der Waals surface area contributed by atoms with Gasteiger partial charge in [0.25, 0.3) is 0 Å². The third kappa shape index (κ3) is 7.45. The Morgan fingerprint density at radius 3 is 2.24 bits per heavy atom. The highest BCUT2D eigenvalue weighted by molar-refractivity contribution is 7.89. The van der Waals surface area contributed by atoms with E-state index in [-0.39, 0.29) is 11.3 Å². The molecule has 0 aliphatic rings. The van der Waals surface area contributed by atoms with Gasteiger partial charge in [0.15, 0.2) is 0 Å². The molecule has 0 saturated carbocycles. The van der Waals surface area contributed by atoms with Crippen molar-refractivity contribution in [2.75, 3.05) is 6.54 Å². The van der Waals surface area contributed by atoms with Crippen LogP contribution in [0.2, 0.25) is 5.02 Å². The van der Waals surface area contributed by atoms with E-state index in [1.807, 2.05) is 0 Å².